The van der Waals surface area contributed by atoms with Crippen LogP contribution in [0, 0.1) is 0 Å². The van der Waals surface area contributed by atoms with Gasteiger partial charge in [0.2, 0.25) is 0 Å². The molecular weight excluding hydrogens is 282 g/mol. The number of carbonyl (C=O) groups excluding carboxylic acids is 1. The summed E-state index contributed by atoms with van der Waals surface area (Å²) in [5, 5.41) is 3.30. The van der Waals surface area contributed by atoms with E-state index in [4.69, 9.17) is 11.6 Å². The molecule has 1 heterocycles. The monoisotopic (exact) mass is 295 g/mol. The van der Waals surface area contributed by atoms with E-state index in [1.807, 2.05) is 12.3 Å². The third-order valence-electron chi connectivity index (χ3n) is 2.62. The third-order valence-corrected chi connectivity index (χ3v) is 3.68. The summed E-state index contributed by atoms with van der Waals surface area (Å²) < 4.78 is 0. The molecule has 0 radical (unpaired) electrons. The number of imidazole rings is 1. The van der Waals surface area contributed by atoms with Gasteiger partial charge in [-0.15, -0.1) is 11.8 Å². The summed E-state index contributed by atoms with van der Waals surface area (Å²) in [6.45, 7) is 0.520. The van der Waals surface area contributed by atoms with E-state index in [0.717, 1.165) is 10.7 Å². The van der Waals surface area contributed by atoms with Gasteiger partial charge < -0.3 is 10.3 Å². The lowest BCUT2D eigenvalue weighted by Crippen LogP contribution is -2.26. The normalized spacial score (nSPS) is 10.4. The van der Waals surface area contributed by atoms with Crippen LogP contribution in [0.3, 0.4) is 0 Å². The summed E-state index contributed by atoms with van der Waals surface area (Å²) in [6.07, 6.45) is 6.08. The lowest BCUT2D eigenvalue weighted by atomic mass is 10.2. The SMILES string of the molecule is CSc1ccc(Cl)c(C(=O)NCCc2ncc[nH]2)c1. The number of aromatic nitrogens is 2. The first-order valence-corrected chi connectivity index (χ1v) is 7.41. The second-order valence-corrected chi connectivity index (χ2v) is 5.17. The number of nitrogens with zero attached hydrogens (tertiary/aromatic N) is 1. The minimum absolute atomic E-state index is 0.160. The minimum Gasteiger partial charge on any atom is -0.352 e. The fraction of sp³-hybridized carbons (Fsp3) is 0.231. The number of halogens is 1. The zero-order valence-electron chi connectivity index (χ0n) is 10.4. The molecule has 2 aromatic rings. The molecule has 100 valence electrons. The number of benzene rings is 1. The molecule has 1 aromatic carbocycles. The maximum absolute atomic E-state index is 12.0. The predicted molar refractivity (Wildman–Crippen MR) is 77.9 cm³/mol. The summed E-state index contributed by atoms with van der Waals surface area (Å²) in [5.74, 6) is 0.691. The maximum Gasteiger partial charge on any atom is 0.252 e. The zero-order chi connectivity index (χ0) is 13.7. The van der Waals surface area contributed by atoms with Crippen LogP contribution in [0.25, 0.3) is 0 Å². The minimum atomic E-state index is -0.160. The van der Waals surface area contributed by atoms with Gasteiger partial charge in [-0.3, -0.25) is 4.79 Å². The predicted octanol–water partition coefficient (Wildman–Crippen LogP) is 2.76. The molecule has 6 heteroatoms. The standard InChI is InChI=1S/C13H14ClN3OS/c1-19-9-2-3-11(14)10(8-9)13(18)17-5-4-12-15-6-7-16-12/h2-3,6-8H,4-5H2,1H3,(H,15,16)(H,17,18). The summed E-state index contributed by atoms with van der Waals surface area (Å²) in [7, 11) is 0. The van der Waals surface area contributed by atoms with Gasteiger partial charge in [-0.2, -0.15) is 0 Å². The summed E-state index contributed by atoms with van der Waals surface area (Å²) >= 11 is 7.62. The van der Waals surface area contributed by atoms with Crippen molar-refractivity contribution in [1.82, 2.24) is 15.3 Å². The number of H-pyrrole nitrogens is 1. The highest BCUT2D eigenvalue weighted by Crippen LogP contribution is 2.22. The largest absolute Gasteiger partial charge is 0.352 e. The zero-order valence-corrected chi connectivity index (χ0v) is 12.0. The smallest absolute Gasteiger partial charge is 0.252 e. The van der Waals surface area contributed by atoms with Crippen molar-refractivity contribution in [2.75, 3.05) is 12.8 Å². The number of amides is 1. The first-order valence-electron chi connectivity index (χ1n) is 5.80. The van der Waals surface area contributed by atoms with E-state index in [0.29, 0.717) is 23.6 Å². The van der Waals surface area contributed by atoms with Crippen LogP contribution in [0.15, 0.2) is 35.5 Å². The van der Waals surface area contributed by atoms with Crippen LogP contribution < -0.4 is 5.32 Å². The van der Waals surface area contributed by atoms with Gasteiger partial charge >= 0.3 is 0 Å². The van der Waals surface area contributed by atoms with Gasteiger partial charge in [-0.05, 0) is 24.5 Å². The number of nitrogens with one attached hydrogen (secondary N) is 2. The summed E-state index contributed by atoms with van der Waals surface area (Å²) in [5.41, 5.74) is 0.507. The molecule has 0 bridgehead atoms. The van der Waals surface area contributed by atoms with Crippen molar-refractivity contribution in [3.63, 3.8) is 0 Å². The Hall–Kier alpha value is -1.46. The van der Waals surface area contributed by atoms with Gasteiger partial charge in [0.05, 0.1) is 10.6 Å². The van der Waals surface area contributed by atoms with Crippen molar-refractivity contribution in [1.29, 1.82) is 0 Å². The fourth-order valence-corrected chi connectivity index (χ4v) is 2.27. The van der Waals surface area contributed by atoms with Crippen molar-refractivity contribution in [3.05, 3.63) is 47.0 Å². The van der Waals surface area contributed by atoms with Crippen molar-refractivity contribution < 1.29 is 4.79 Å². The molecule has 0 saturated carbocycles. The molecule has 0 aliphatic carbocycles. The lowest BCUT2D eigenvalue weighted by Gasteiger charge is -2.07. The molecule has 0 atom stereocenters. The number of thioether (sulfide) groups is 1. The second-order valence-electron chi connectivity index (χ2n) is 3.89. The van der Waals surface area contributed by atoms with Crippen molar-refractivity contribution in [2.24, 2.45) is 0 Å². The van der Waals surface area contributed by atoms with Gasteiger partial charge in [-0.25, -0.2) is 4.98 Å². The topological polar surface area (TPSA) is 57.8 Å². The quantitative estimate of drug-likeness (QED) is 0.834. The first kappa shape index (κ1) is 14.0. The molecule has 1 aromatic heterocycles. The second kappa shape index (κ2) is 6.63. The number of carbonyl (C=O) groups is 1. The average molecular weight is 296 g/mol. The highest BCUT2D eigenvalue weighted by Gasteiger charge is 2.10. The van der Waals surface area contributed by atoms with Gasteiger partial charge in [0, 0.05) is 30.3 Å². The Labute approximate surface area is 121 Å². The van der Waals surface area contributed by atoms with E-state index >= 15 is 0 Å². The highest BCUT2D eigenvalue weighted by molar-refractivity contribution is 7.98. The van der Waals surface area contributed by atoms with Crippen LogP contribution in [0.1, 0.15) is 16.2 Å². The lowest BCUT2D eigenvalue weighted by molar-refractivity contribution is 0.0954. The van der Waals surface area contributed by atoms with Crippen molar-refractivity contribution in [2.45, 2.75) is 11.3 Å². The number of hydrogen-bond acceptors (Lipinski definition) is 3. The van der Waals surface area contributed by atoms with Crippen LogP contribution in [-0.2, 0) is 6.42 Å². The Morgan fingerprint density at radius 3 is 3.05 bits per heavy atom. The van der Waals surface area contributed by atoms with Crippen LogP contribution in [-0.4, -0.2) is 28.7 Å². The molecule has 0 aliphatic rings. The third kappa shape index (κ3) is 3.75. The first-order chi connectivity index (χ1) is 9.20. The Morgan fingerprint density at radius 2 is 2.37 bits per heavy atom. The van der Waals surface area contributed by atoms with Gasteiger partial charge in [0.1, 0.15) is 5.82 Å². The summed E-state index contributed by atoms with van der Waals surface area (Å²) in [4.78, 5) is 20.1. The van der Waals surface area contributed by atoms with Gasteiger partial charge in [0.15, 0.2) is 0 Å². The Balaban J connectivity index is 1.95. The molecule has 4 nitrogen and oxygen atoms in total. The van der Waals surface area contributed by atoms with Crippen molar-refractivity contribution >= 4 is 29.3 Å². The Kier molecular flexibility index (Phi) is 4.87. The molecule has 0 saturated heterocycles. The van der Waals surface area contributed by atoms with Crippen LogP contribution in [0.4, 0.5) is 0 Å². The molecule has 0 fully saturated rings. The molecule has 0 spiro atoms. The molecule has 2 N–H and O–H groups in total. The molecule has 1 amide bonds. The average Bonchev–Trinajstić information content (AvgIpc) is 2.92. The van der Waals surface area contributed by atoms with Gasteiger partial charge in [-0.1, -0.05) is 11.6 Å². The molecule has 19 heavy (non-hydrogen) atoms. The van der Waals surface area contributed by atoms with E-state index in [1.54, 1.807) is 36.3 Å². The Morgan fingerprint density at radius 1 is 1.53 bits per heavy atom. The fourth-order valence-electron chi connectivity index (χ4n) is 1.63. The van der Waals surface area contributed by atoms with Crippen LogP contribution in [0.2, 0.25) is 5.02 Å². The highest BCUT2D eigenvalue weighted by atomic mass is 35.5. The van der Waals surface area contributed by atoms with Crippen LogP contribution in [0.5, 0.6) is 0 Å². The van der Waals surface area contributed by atoms with Crippen LogP contribution >= 0.6 is 23.4 Å². The molecule has 0 unspecified atom stereocenters. The number of hydrogen-bond donors (Lipinski definition) is 2. The summed E-state index contributed by atoms with van der Waals surface area (Å²) in [6, 6.07) is 5.44. The molecular formula is C13H14ClN3OS. The maximum atomic E-state index is 12.0. The molecule has 2 rings (SSSR count). The van der Waals surface area contributed by atoms with Gasteiger partial charge in [0.25, 0.3) is 5.91 Å². The van der Waals surface area contributed by atoms with E-state index in [-0.39, 0.29) is 5.91 Å². The van der Waals surface area contributed by atoms with E-state index in [2.05, 4.69) is 15.3 Å². The number of rotatable bonds is 5. The van der Waals surface area contributed by atoms with E-state index in [9.17, 15) is 4.79 Å². The van der Waals surface area contributed by atoms with E-state index < -0.39 is 0 Å². The number of aromatic amines is 1. The van der Waals surface area contributed by atoms with E-state index in [1.165, 1.54) is 0 Å². The Bertz CT molecular complexity index is 557. The van der Waals surface area contributed by atoms with Crippen molar-refractivity contribution in [3.8, 4) is 0 Å². The molecule has 0 aliphatic heterocycles.